The molecule has 0 aromatic heterocycles. The Morgan fingerprint density at radius 2 is 1.82 bits per heavy atom. The zero-order chi connectivity index (χ0) is 8.69. The van der Waals surface area contributed by atoms with E-state index in [2.05, 4.69) is 20.8 Å². The van der Waals surface area contributed by atoms with Gasteiger partial charge in [0.05, 0.1) is 6.10 Å². The van der Waals surface area contributed by atoms with Crippen molar-refractivity contribution >= 4 is 0 Å². The van der Waals surface area contributed by atoms with Crippen LogP contribution in [0.2, 0.25) is 0 Å². The molecule has 0 bridgehead atoms. The van der Waals surface area contributed by atoms with Crippen molar-refractivity contribution in [1.82, 2.24) is 0 Å². The monoisotopic (exact) mass is 160 g/mol. The van der Waals surface area contributed by atoms with Gasteiger partial charge < -0.3 is 9.84 Å². The minimum atomic E-state index is 0.277. The van der Waals surface area contributed by atoms with E-state index in [-0.39, 0.29) is 6.61 Å². The third-order valence-corrected chi connectivity index (χ3v) is 1.87. The van der Waals surface area contributed by atoms with Gasteiger partial charge in [-0.25, -0.2) is 0 Å². The van der Waals surface area contributed by atoms with Crippen LogP contribution >= 0.6 is 0 Å². The van der Waals surface area contributed by atoms with Crippen molar-refractivity contribution in [3.05, 3.63) is 0 Å². The maximum absolute atomic E-state index is 8.49. The number of aliphatic hydroxyl groups is 1. The average Bonchev–Trinajstić information content (AvgIpc) is 1.97. The Kier molecular flexibility index (Phi) is 6.57. The van der Waals surface area contributed by atoms with E-state index < -0.39 is 0 Å². The van der Waals surface area contributed by atoms with Crippen LogP contribution in [0.3, 0.4) is 0 Å². The second-order valence-corrected chi connectivity index (χ2v) is 3.25. The summed E-state index contributed by atoms with van der Waals surface area (Å²) in [6.07, 6.45) is 2.16. The topological polar surface area (TPSA) is 29.5 Å². The first kappa shape index (κ1) is 10.9. The summed E-state index contributed by atoms with van der Waals surface area (Å²) in [5.74, 6) is 0.587. The first-order valence-electron chi connectivity index (χ1n) is 4.41. The summed E-state index contributed by atoms with van der Waals surface area (Å²) in [4.78, 5) is 0. The molecular formula is C9H20O2. The van der Waals surface area contributed by atoms with Gasteiger partial charge in [0.15, 0.2) is 0 Å². The largest absolute Gasteiger partial charge is 0.396 e. The lowest BCUT2D eigenvalue weighted by molar-refractivity contribution is 0.0317. The highest BCUT2D eigenvalue weighted by molar-refractivity contribution is 4.54. The highest BCUT2D eigenvalue weighted by Crippen LogP contribution is 2.05. The number of hydrogen-bond acceptors (Lipinski definition) is 2. The minimum Gasteiger partial charge on any atom is -0.396 e. The van der Waals surface area contributed by atoms with Gasteiger partial charge in [-0.2, -0.15) is 0 Å². The van der Waals surface area contributed by atoms with Crippen LogP contribution in [0.1, 0.15) is 33.6 Å². The lowest BCUT2D eigenvalue weighted by Crippen LogP contribution is -2.16. The fourth-order valence-electron chi connectivity index (χ4n) is 0.676. The fraction of sp³-hybridized carbons (Fsp3) is 1.00. The predicted molar refractivity (Wildman–Crippen MR) is 46.6 cm³/mol. The van der Waals surface area contributed by atoms with E-state index in [0.717, 1.165) is 19.4 Å². The molecule has 0 aliphatic heterocycles. The van der Waals surface area contributed by atoms with Gasteiger partial charge in [0.25, 0.3) is 0 Å². The van der Waals surface area contributed by atoms with Gasteiger partial charge in [-0.05, 0) is 25.7 Å². The lowest BCUT2D eigenvalue weighted by Gasteiger charge is -2.15. The van der Waals surface area contributed by atoms with E-state index in [1.54, 1.807) is 0 Å². The molecule has 1 atom stereocenters. The standard InChI is InChI=1S/C9H20O2/c1-8(2)9(3)11-7-5-4-6-10/h8-10H,4-7H2,1-3H3. The van der Waals surface area contributed by atoms with Crippen molar-refractivity contribution in [2.24, 2.45) is 5.92 Å². The maximum atomic E-state index is 8.49. The molecule has 0 saturated carbocycles. The number of aliphatic hydroxyl groups excluding tert-OH is 1. The van der Waals surface area contributed by atoms with Crippen molar-refractivity contribution in [2.45, 2.75) is 39.7 Å². The van der Waals surface area contributed by atoms with Crippen LogP contribution in [0.4, 0.5) is 0 Å². The normalized spacial score (nSPS) is 13.9. The first-order chi connectivity index (χ1) is 5.18. The molecule has 0 aliphatic carbocycles. The van der Waals surface area contributed by atoms with Gasteiger partial charge in [-0.3, -0.25) is 0 Å². The van der Waals surface area contributed by atoms with Gasteiger partial charge in [0, 0.05) is 13.2 Å². The SMILES string of the molecule is CC(C)C(C)OCCCCO. The van der Waals surface area contributed by atoms with Gasteiger partial charge in [0.1, 0.15) is 0 Å². The average molecular weight is 160 g/mol. The van der Waals surface area contributed by atoms with Crippen LogP contribution in [-0.2, 0) is 4.74 Å². The lowest BCUT2D eigenvalue weighted by atomic mass is 10.1. The van der Waals surface area contributed by atoms with Crippen molar-refractivity contribution < 1.29 is 9.84 Å². The third kappa shape index (κ3) is 6.32. The first-order valence-corrected chi connectivity index (χ1v) is 4.41. The van der Waals surface area contributed by atoms with Crippen molar-refractivity contribution in [3.63, 3.8) is 0 Å². The number of hydrogen-bond donors (Lipinski definition) is 1. The van der Waals surface area contributed by atoms with Gasteiger partial charge in [0.2, 0.25) is 0 Å². The molecule has 2 nitrogen and oxygen atoms in total. The van der Waals surface area contributed by atoms with Crippen LogP contribution in [0.5, 0.6) is 0 Å². The zero-order valence-corrected chi connectivity index (χ0v) is 7.84. The van der Waals surface area contributed by atoms with Crippen molar-refractivity contribution in [1.29, 1.82) is 0 Å². The molecule has 1 N–H and O–H groups in total. The molecule has 0 fully saturated rings. The molecule has 0 heterocycles. The van der Waals surface area contributed by atoms with Gasteiger partial charge >= 0.3 is 0 Å². The van der Waals surface area contributed by atoms with E-state index >= 15 is 0 Å². The smallest absolute Gasteiger partial charge is 0.0569 e. The Labute approximate surface area is 69.6 Å². The molecule has 0 saturated heterocycles. The molecule has 0 rings (SSSR count). The molecule has 1 unspecified atom stereocenters. The molecule has 0 amide bonds. The highest BCUT2D eigenvalue weighted by Gasteiger charge is 2.05. The summed E-state index contributed by atoms with van der Waals surface area (Å²) in [5, 5.41) is 8.49. The Bertz CT molecular complexity index is 81.6. The van der Waals surface area contributed by atoms with Crippen LogP contribution in [0, 0.1) is 5.92 Å². The summed E-state index contributed by atoms with van der Waals surface area (Å²) in [7, 11) is 0. The summed E-state index contributed by atoms with van der Waals surface area (Å²) < 4.78 is 5.49. The number of unbranched alkanes of at least 4 members (excludes halogenated alkanes) is 1. The molecule has 68 valence electrons. The van der Waals surface area contributed by atoms with Gasteiger partial charge in [-0.1, -0.05) is 13.8 Å². The Morgan fingerprint density at radius 3 is 2.27 bits per heavy atom. The highest BCUT2D eigenvalue weighted by atomic mass is 16.5. The summed E-state index contributed by atoms with van der Waals surface area (Å²) in [6.45, 7) is 7.44. The predicted octanol–water partition coefficient (Wildman–Crippen LogP) is 1.82. The van der Waals surface area contributed by atoms with E-state index in [9.17, 15) is 0 Å². The summed E-state index contributed by atoms with van der Waals surface area (Å²) in [5.41, 5.74) is 0. The van der Waals surface area contributed by atoms with E-state index in [0.29, 0.717) is 12.0 Å². The van der Waals surface area contributed by atoms with Crippen molar-refractivity contribution in [2.75, 3.05) is 13.2 Å². The molecule has 0 radical (unpaired) electrons. The molecule has 0 spiro atoms. The summed E-state index contributed by atoms with van der Waals surface area (Å²) in [6, 6.07) is 0. The van der Waals surface area contributed by atoms with Crippen LogP contribution in [-0.4, -0.2) is 24.4 Å². The molecular weight excluding hydrogens is 140 g/mol. The minimum absolute atomic E-state index is 0.277. The quantitative estimate of drug-likeness (QED) is 0.600. The molecule has 0 aromatic rings. The molecule has 2 heteroatoms. The van der Waals surface area contributed by atoms with Crippen LogP contribution in [0.25, 0.3) is 0 Å². The number of ether oxygens (including phenoxy) is 1. The number of rotatable bonds is 6. The molecule has 0 aromatic carbocycles. The molecule has 11 heavy (non-hydrogen) atoms. The second kappa shape index (κ2) is 6.62. The van der Waals surface area contributed by atoms with Crippen LogP contribution in [0.15, 0.2) is 0 Å². The van der Waals surface area contributed by atoms with E-state index in [1.807, 2.05) is 0 Å². The van der Waals surface area contributed by atoms with Crippen LogP contribution < -0.4 is 0 Å². The summed E-state index contributed by atoms with van der Waals surface area (Å²) >= 11 is 0. The van der Waals surface area contributed by atoms with E-state index in [4.69, 9.17) is 9.84 Å². The third-order valence-electron chi connectivity index (χ3n) is 1.87. The maximum Gasteiger partial charge on any atom is 0.0569 e. The van der Waals surface area contributed by atoms with Crippen molar-refractivity contribution in [3.8, 4) is 0 Å². The van der Waals surface area contributed by atoms with E-state index in [1.165, 1.54) is 0 Å². The fourth-order valence-corrected chi connectivity index (χ4v) is 0.676. The van der Waals surface area contributed by atoms with Gasteiger partial charge in [-0.15, -0.1) is 0 Å². The molecule has 0 aliphatic rings. The second-order valence-electron chi connectivity index (χ2n) is 3.25. The zero-order valence-electron chi connectivity index (χ0n) is 7.84. The Balaban J connectivity index is 3.10. The Hall–Kier alpha value is -0.0800. The Morgan fingerprint density at radius 1 is 1.18 bits per heavy atom.